The maximum Gasteiger partial charge on any atom is 1.00 e. The van der Waals surface area contributed by atoms with Gasteiger partial charge in [0, 0.05) is 0 Å². The van der Waals surface area contributed by atoms with E-state index in [0.29, 0.717) is 0 Å². The van der Waals surface area contributed by atoms with Gasteiger partial charge < -0.3 is 9.90 Å². The fraction of sp³-hybridized carbons (Fsp3) is 0.941. The van der Waals surface area contributed by atoms with Gasteiger partial charge in [-0.15, -0.1) is 5.60 Å². The van der Waals surface area contributed by atoms with Gasteiger partial charge in [-0.3, -0.25) is 0 Å². The van der Waals surface area contributed by atoms with Crippen molar-refractivity contribution in [3.8, 4) is 0 Å². The molecule has 0 saturated carbocycles. The van der Waals surface area contributed by atoms with E-state index < -0.39 is 5.60 Å². The normalized spacial score (nSPS) is 8.45. The molecule has 0 N–H and O–H groups in total. The number of carbonyl (C=O) groups excluding carboxylic acids is 1. The quantitative estimate of drug-likeness (QED) is 0.443. The van der Waals surface area contributed by atoms with Gasteiger partial charge in [0.1, 0.15) is 6.29 Å². The second-order valence-electron chi connectivity index (χ2n) is 5.41. The molecule has 0 fully saturated rings. The second-order valence-corrected chi connectivity index (χ2v) is 5.41. The van der Waals surface area contributed by atoms with E-state index in [9.17, 15) is 5.11 Å². The molecule has 0 aliphatic heterocycles. The Morgan fingerprint density at radius 1 is 0.800 bits per heavy atom. The molecule has 0 aromatic heterocycles. The Hall–Kier alpha value is 1.27. The summed E-state index contributed by atoms with van der Waals surface area (Å²) in [7, 11) is 0. The van der Waals surface area contributed by atoms with Crippen LogP contribution in [0.4, 0.5) is 0 Å². The molecule has 20 heavy (non-hydrogen) atoms. The summed E-state index contributed by atoms with van der Waals surface area (Å²) in [5.41, 5.74) is -0.750. The Morgan fingerprint density at radius 3 is 1.00 bits per heavy atom. The van der Waals surface area contributed by atoms with Crippen LogP contribution in [0.2, 0.25) is 0 Å². The molecule has 0 spiro atoms. The van der Waals surface area contributed by atoms with E-state index in [1.807, 2.05) is 0 Å². The maximum absolute atomic E-state index is 10.1. The number of unbranched alkanes of at least 4 members (excludes halogenated alkanes) is 5. The summed E-state index contributed by atoms with van der Waals surface area (Å²) in [6.45, 7) is 15.2. The molecule has 0 aliphatic carbocycles. The smallest absolute Gasteiger partial charge is 0.850 e. The second kappa shape index (κ2) is 32.3. The van der Waals surface area contributed by atoms with Gasteiger partial charge in [-0.1, -0.05) is 93.4 Å². The molecular formula is C17H39KO2. The zero-order valence-electron chi connectivity index (χ0n) is 15.8. The van der Waals surface area contributed by atoms with Crippen LogP contribution in [0, 0.1) is 0 Å². The summed E-state index contributed by atoms with van der Waals surface area (Å²) in [6, 6.07) is 0. The van der Waals surface area contributed by atoms with Crippen molar-refractivity contribution in [2.45, 2.75) is 106 Å². The predicted molar refractivity (Wildman–Crippen MR) is 86.5 cm³/mol. The summed E-state index contributed by atoms with van der Waals surface area (Å²) < 4.78 is 0. The molecule has 0 aromatic carbocycles. The zero-order valence-corrected chi connectivity index (χ0v) is 19.0. The molecule has 0 bridgehead atoms. The van der Waals surface area contributed by atoms with Crippen LogP contribution in [0.25, 0.3) is 0 Å². The number of rotatable bonds is 5. The molecule has 0 heterocycles. The largest absolute Gasteiger partial charge is 1.00 e. The van der Waals surface area contributed by atoms with E-state index in [1.165, 1.54) is 51.9 Å². The van der Waals surface area contributed by atoms with Crippen LogP contribution in [0.3, 0.4) is 0 Å². The molecule has 2 nitrogen and oxygen atoms in total. The van der Waals surface area contributed by atoms with Crippen molar-refractivity contribution in [1.29, 1.82) is 0 Å². The Balaban J connectivity index is -0.0000000504. The van der Waals surface area contributed by atoms with Crippen LogP contribution < -0.4 is 56.5 Å². The average molecular weight is 315 g/mol. The third-order valence-electron chi connectivity index (χ3n) is 1.66. The molecule has 120 valence electrons. The molecule has 0 unspecified atom stereocenters. The minimum Gasteiger partial charge on any atom is -0.850 e. The first-order valence-corrected chi connectivity index (χ1v) is 7.85. The van der Waals surface area contributed by atoms with Crippen molar-refractivity contribution >= 4 is 6.29 Å². The van der Waals surface area contributed by atoms with Gasteiger partial charge in [0.05, 0.1) is 0 Å². The van der Waals surface area contributed by atoms with Crippen LogP contribution >= 0.6 is 0 Å². The molecular weight excluding hydrogens is 275 g/mol. The van der Waals surface area contributed by atoms with E-state index in [2.05, 4.69) is 27.7 Å². The molecule has 0 saturated heterocycles. The van der Waals surface area contributed by atoms with E-state index in [-0.39, 0.29) is 51.4 Å². The minimum atomic E-state index is -0.750. The Morgan fingerprint density at radius 2 is 0.950 bits per heavy atom. The Kier molecular flexibility index (Phi) is 53.3. The summed E-state index contributed by atoms with van der Waals surface area (Å²) in [5.74, 6) is 0. The summed E-state index contributed by atoms with van der Waals surface area (Å²) in [4.78, 5) is 8.81. The molecule has 0 atom stereocenters. The third kappa shape index (κ3) is 164. The van der Waals surface area contributed by atoms with Crippen molar-refractivity contribution in [2.24, 2.45) is 0 Å². The predicted octanol–water partition coefficient (Wildman–Crippen LogP) is 2.14. The molecule has 0 aromatic rings. The summed E-state index contributed by atoms with van der Waals surface area (Å²) in [6.07, 6.45) is 10.4. The molecule has 0 aliphatic rings. The number of aldehydes is 1. The first-order valence-electron chi connectivity index (χ1n) is 7.85. The monoisotopic (exact) mass is 314 g/mol. The zero-order chi connectivity index (χ0) is 16.2. The Bertz CT molecular complexity index is 119. The van der Waals surface area contributed by atoms with Crippen molar-refractivity contribution in [1.82, 2.24) is 0 Å². The van der Waals surface area contributed by atoms with Crippen molar-refractivity contribution in [3.63, 3.8) is 0 Å². The molecule has 0 rings (SSSR count). The first-order chi connectivity index (χ1) is 8.74. The molecule has 0 radical (unpaired) electrons. The maximum atomic E-state index is 10.1. The van der Waals surface area contributed by atoms with Gasteiger partial charge in [0.2, 0.25) is 0 Å². The topological polar surface area (TPSA) is 40.1 Å². The number of carbonyl (C=O) groups is 1. The molecule has 3 heteroatoms. The Labute approximate surface area is 171 Å². The van der Waals surface area contributed by atoms with Crippen molar-refractivity contribution < 1.29 is 61.3 Å². The van der Waals surface area contributed by atoms with Crippen LogP contribution in [0.1, 0.15) is 100 Å². The van der Waals surface area contributed by atoms with Crippen LogP contribution in [-0.4, -0.2) is 11.9 Å². The number of hydrogen-bond acceptors (Lipinski definition) is 2. The van der Waals surface area contributed by atoms with Gasteiger partial charge in [-0.2, -0.15) is 0 Å². The fourth-order valence-corrected chi connectivity index (χ4v) is 0.854. The van der Waals surface area contributed by atoms with Crippen LogP contribution in [-0.2, 0) is 4.79 Å². The van der Waals surface area contributed by atoms with E-state index in [1.54, 1.807) is 20.8 Å². The number of hydrogen-bond donors (Lipinski definition) is 0. The molecule has 0 amide bonds. The van der Waals surface area contributed by atoms with Crippen LogP contribution in [0.15, 0.2) is 0 Å². The summed E-state index contributed by atoms with van der Waals surface area (Å²) >= 11 is 0. The fourth-order valence-electron chi connectivity index (χ4n) is 0.854. The standard InChI is InChI=1S/C6H14.C5H12.C4H9O.C2H4O.K/c1-3-5-6-4-2;1-3-5-4-2;1-4(2,3)5;1-2-3;/h3-6H2,1-2H3;3-5H2,1-2H3;1-3H3;2H,1H3;/q;;-1;;+1. The third-order valence-corrected chi connectivity index (χ3v) is 1.66. The SMILES string of the molecule is CC(C)(C)[O-].CC=O.CCCCC.CCCCCC.[K+]. The van der Waals surface area contributed by atoms with Crippen LogP contribution in [0.5, 0.6) is 0 Å². The van der Waals surface area contributed by atoms with Crippen molar-refractivity contribution in [3.05, 3.63) is 0 Å². The summed E-state index contributed by atoms with van der Waals surface area (Å²) in [5, 5.41) is 10.1. The van der Waals surface area contributed by atoms with Gasteiger partial charge >= 0.3 is 51.4 Å². The van der Waals surface area contributed by atoms with E-state index in [0.717, 1.165) is 6.29 Å². The van der Waals surface area contributed by atoms with E-state index >= 15 is 0 Å². The first kappa shape index (κ1) is 33.0. The minimum absolute atomic E-state index is 0. The van der Waals surface area contributed by atoms with Gasteiger partial charge in [-0.25, -0.2) is 0 Å². The average Bonchev–Trinajstić information content (AvgIpc) is 2.27. The van der Waals surface area contributed by atoms with Gasteiger partial charge in [0.25, 0.3) is 0 Å². The van der Waals surface area contributed by atoms with Gasteiger partial charge in [-0.05, 0) is 6.92 Å². The van der Waals surface area contributed by atoms with E-state index in [4.69, 9.17) is 4.79 Å². The van der Waals surface area contributed by atoms with Crippen molar-refractivity contribution in [2.75, 3.05) is 0 Å². The van der Waals surface area contributed by atoms with Gasteiger partial charge in [0.15, 0.2) is 0 Å².